The molecule has 0 saturated carbocycles. The number of carbonyl (C=O) groups excluding carboxylic acids is 1. The zero-order chi connectivity index (χ0) is 21.7. The molecule has 6 heteroatoms. The van der Waals surface area contributed by atoms with Gasteiger partial charge in [0, 0.05) is 5.56 Å². The van der Waals surface area contributed by atoms with Crippen LogP contribution in [-0.2, 0) is 12.0 Å². The lowest BCUT2D eigenvalue weighted by molar-refractivity contribution is 0.0955. The van der Waals surface area contributed by atoms with Crippen LogP contribution < -0.4 is 10.2 Å². The van der Waals surface area contributed by atoms with E-state index in [4.69, 9.17) is 16.3 Å². The number of nitrogens with zero attached hydrogens (tertiary/aromatic N) is 1. The van der Waals surface area contributed by atoms with Crippen molar-refractivity contribution in [1.82, 2.24) is 5.43 Å². The van der Waals surface area contributed by atoms with Crippen molar-refractivity contribution < 1.29 is 9.53 Å². The average Bonchev–Trinajstić information content (AvgIpc) is 3.16. The zero-order valence-corrected chi connectivity index (χ0v) is 19.1. The van der Waals surface area contributed by atoms with Gasteiger partial charge in [-0.2, -0.15) is 5.10 Å². The van der Waals surface area contributed by atoms with Gasteiger partial charge >= 0.3 is 0 Å². The molecule has 0 aliphatic heterocycles. The fourth-order valence-corrected chi connectivity index (χ4v) is 3.72. The number of ether oxygens (including phenoxy) is 1. The second kappa shape index (κ2) is 9.45. The van der Waals surface area contributed by atoms with Crippen molar-refractivity contribution in [3.63, 3.8) is 0 Å². The normalized spacial score (nSPS) is 12.0. The van der Waals surface area contributed by atoms with E-state index in [2.05, 4.69) is 43.4 Å². The lowest BCUT2D eigenvalue weighted by Crippen LogP contribution is -2.19. The van der Waals surface area contributed by atoms with Crippen molar-refractivity contribution in [1.29, 1.82) is 0 Å². The van der Waals surface area contributed by atoms with Crippen LogP contribution in [0.15, 0.2) is 65.8 Å². The van der Waals surface area contributed by atoms with Crippen molar-refractivity contribution in [3.8, 4) is 5.75 Å². The molecule has 1 amide bonds. The highest BCUT2D eigenvalue weighted by Gasteiger charge is 2.13. The highest BCUT2D eigenvalue weighted by molar-refractivity contribution is 7.18. The summed E-state index contributed by atoms with van der Waals surface area (Å²) in [6.07, 6.45) is 0. The first-order valence-electron chi connectivity index (χ1n) is 9.65. The van der Waals surface area contributed by atoms with Gasteiger partial charge in [0.05, 0.1) is 14.9 Å². The molecule has 0 aliphatic rings. The molecule has 3 rings (SSSR count). The maximum atomic E-state index is 12.3. The molecule has 0 saturated heterocycles. The molecular weight excluding hydrogens is 416 g/mol. The second-order valence-corrected chi connectivity index (χ2v) is 9.72. The number of carbonyl (C=O) groups is 1. The van der Waals surface area contributed by atoms with Gasteiger partial charge in [0.1, 0.15) is 12.4 Å². The highest BCUT2D eigenvalue weighted by Crippen LogP contribution is 2.25. The Morgan fingerprint density at radius 2 is 1.70 bits per heavy atom. The predicted octanol–water partition coefficient (Wildman–Crippen LogP) is 6.43. The third-order valence-electron chi connectivity index (χ3n) is 4.60. The van der Waals surface area contributed by atoms with Crippen LogP contribution >= 0.6 is 22.9 Å². The minimum atomic E-state index is -0.262. The van der Waals surface area contributed by atoms with Gasteiger partial charge in [-0.05, 0) is 59.9 Å². The van der Waals surface area contributed by atoms with Gasteiger partial charge in [0.25, 0.3) is 5.91 Å². The molecule has 4 nitrogen and oxygen atoms in total. The summed E-state index contributed by atoms with van der Waals surface area (Å²) >= 11 is 7.35. The van der Waals surface area contributed by atoms with Crippen LogP contribution in [0.25, 0.3) is 0 Å². The third-order valence-corrected chi connectivity index (χ3v) is 5.94. The number of nitrogens with one attached hydrogen (secondary N) is 1. The molecule has 30 heavy (non-hydrogen) atoms. The topological polar surface area (TPSA) is 50.7 Å². The minimum Gasteiger partial charge on any atom is -0.489 e. The minimum absolute atomic E-state index is 0.119. The Balaban J connectivity index is 1.54. The van der Waals surface area contributed by atoms with Gasteiger partial charge in [-0.15, -0.1) is 11.3 Å². The second-order valence-electron chi connectivity index (χ2n) is 8.00. The zero-order valence-electron chi connectivity index (χ0n) is 17.5. The molecule has 0 bridgehead atoms. The standard InChI is InChI=1S/C24H25ClN2O2S/c1-16(21-13-14-22(25)30-21)26-27-23(28)18-7-5-17(6-8-18)15-29-20-11-9-19(10-12-20)24(2,3)4/h5-14H,15H2,1-4H3,(H,27,28)/b26-16+. The van der Waals surface area contributed by atoms with Gasteiger partial charge in [0.15, 0.2) is 0 Å². The summed E-state index contributed by atoms with van der Waals surface area (Å²) in [5, 5.41) is 4.15. The van der Waals surface area contributed by atoms with Crippen molar-refractivity contribution in [2.75, 3.05) is 0 Å². The molecule has 1 N–H and O–H groups in total. The molecule has 0 fully saturated rings. The smallest absolute Gasteiger partial charge is 0.271 e. The Morgan fingerprint density at radius 1 is 1.03 bits per heavy atom. The Kier molecular flexibility index (Phi) is 6.95. The van der Waals surface area contributed by atoms with E-state index in [-0.39, 0.29) is 11.3 Å². The Morgan fingerprint density at radius 3 is 2.27 bits per heavy atom. The number of benzene rings is 2. The summed E-state index contributed by atoms with van der Waals surface area (Å²) in [5.74, 6) is 0.561. The van der Waals surface area contributed by atoms with E-state index < -0.39 is 0 Å². The van der Waals surface area contributed by atoms with Crippen molar-refractivity contribution >= 4 is 34.6 Å². The molecule has 0 spiro atoms. The molecule has 1 aromatic heterocycles. The molecule has 0 aliphatic carbocycles. The van der Waals surface area contributed by atoms with E-state index in [1.165, 1.54) is 16.9 Å². The van der Waals surface area contributed by atoms with Gasteiger partial charge < -0.3 is 4.74 Å². The van der Waals surface area contributed by atoms with Crippen LogP contribution in [0.2, 0.25) is 4.34 Å². The van der Waals surface area contributed by atoms with Crippen LogP contribution in [0, 0.1) is 0 Å². The quantitative estimate of drug-likeness (QED) is 0.354. The number of hydrogen-bond donors (Lipinski definition) is 1. The van der Waals surface area contributed by atoms with Gasteiger partial charge in [-0.3, -0.25) is 4.79 Å². The average molecular weight is 441 g/mol. The van der Waals surface area contributed by atoms with Gasteiger partial charge in [0.2, 0.25) is 0 Å². The molecule has 0 radical (unpaired) electrons. The number of hydrogen-bond acceptors (Lipinski definition) is 4. The fraction of sp³-hybridized carbons (Fsp3) is 0.250. The first kappa shape index (κ1) is 22.1. The molecule has 2 aromatic carbocycles. The van der Waals surface area contributed by atoms with Crippen molar-refractivity contribution in [2.45, 2.75) is 39.7 Å². The molecule has 0 atom stereocenters. The molecule has 0 unspecified atom stereocenters. The van der Waals surface area contributed by atoms with E-state index in [1.807, 2.05) is 43.3 Å². The predicted molar refractivity (Wildman–Crippen MR) is 125 cm³/mol. The van der Waals surface area contributed by atoms with E-state index in [1.54, 1.807) is 12.1 Å². The van der Waals surface area contributed by atoms with E-state index in [0.717, 1.165) is 16.2 Å². The third kappa shape index (κ3) is 5.94. The molecular formula is C24H25ClN2O2S. The summed E-state index contributed by atoms with van der Waals surface area (Å²) in [6, 6.07) is 19.2. The number of rotatable bonds is 6. The van der Waals surface area contributed by atoms with E-state index in [0.29, 0.717) is 22.2 Å². The summed E-state index contributed by atoms with van der Waals surface area (Å²) in [6.45, 7) is 8.82. The van der Waals surface area contributed by atoms with Crippen LogP contribution in [-0.4, -0.2) is 11.6 Å². The largest absolute Gasteiger partial charge is 0.489 e. The first-order valence-corrected chi connectivity index (χ1v) is 10.8. The fourth-order valence-electron chi connectivity index (χ4n) is 2.73. The molecule has 156 valence electrons. The number of hydrazone groups is 1. The number of halogens is 1. The lowest BCUT2D eigenvalue weighted by atomic mass is 9.87. The maximum Gasteiger partial charge on any atom is 0.271 e. The lowest BCUT2D eigenvalue weighted by Gasteiger charge is -2.19. The Labute approximate surface area is 186 Å². The highest BCUT2D eigenvalue weighted by atomic mass is 35.5. The first-order chi connectivity index (χ1) is 14.2. The van der Waals surface area contributed by atoms with Crippen molar-refractivity contribution in [2.24, 2.45) is 5.10 Å². The molecule has 3 aromatic rings. The van der Waals surface area contributed by atoms with Crippen LogP contribution in [0.3, 0.4) is 0 Å². The SMILES string of the molecule is C/C(=N\NC(=O)c1ccc(COc2ccc(C(C)(C)C)cc2)cc1)c1ccc(Cl)s1. The molecule has 1 heterocycles. The van der Waals surface area contributed by atoms with E-state index in [9.17, 15) is 4.79 Å². The van der Waals surface area contributed by atoms with Crippen LogP contribution in [0.1, 0.15) is 54.1 Å². The van der Waals surface area contributed by atoms with E-state index >= 15 is 0 Å². The maximum absolute atomic E-state index is 12.3. The summed E-state index contributed by atoms with van der Waals surface area (Å²) in [7, 11) is 0. The number of thiophene rings is 1. The summed E-state index contributed by atoms with van der Waals surface area (Å²) in [5.41, 5.74) is 6.20. The number of amides is 1. The van der Waals surface area contributed by atoms with Crippen molar-refractivity contribution in [3.05, 3.63) is 86.6 Å². The van der Waals surface area contributed by atoms with Gasteiger partial charge in [-0.25, -0.2) is 5.43 Å². The monoisotopic (exact) mass is 440 g/mol. The van der Waals surface area contributed by atoms with Gasteiger partial charge in [-0.1, -0.05) is 56.6 Å². The van der Waals surface area contributed by atoms with Crippen LogP contribution in [0.5, 0.6) is 5.75 Å². The Hall–Kier alpha value is -2.63. The summed E-state index contributed by atoms with van der Waals surface area (Å²) < 4.78 is 6.55. The van der Waals surface area contributed by atoms with Crippen LogP contribution in [0.4, 0.5) is 0 Å². The summed E-state index contributed by atoms with van der Waals surface area (Å²) in [4.78, 5) is 13.2. The Bertz CT molecular complexity index is 1030.